The Morgan fingerprint density at radius 1 is 1.25 bits per heavy atom. The molecule has 130 valence electrons. The Bertz CT molecular complexity index is 608. The summed E-state index contributed by atoms with van der Waals surface area (Å²) in [6, 6.07) is 9.26. The molecule has 0 amide bonds. The lowest BCUT2D eigenvalue weighted by Gasteiger charge is -2.39. The first-order chi connectivity index (χ1) is 11.7. The first kappa shape index (κ1) is 15.9. The maximum absolute atomic E-state index is 12.2. The molecule has 2 saturated carbocycles. The van der Waals surface area contributed by atoms with Gasteiger partial charge in [0.15, 0.2) is 0 Å². The van der Waals surface area contributed by atoms with E-state index in [1.165, 1.54) is 19.2 Å². The molecule has 4 nitrogen and oxygen atoms in total. The Hall–Kier alpha value is -1.55. The average Bonchev–Trinajstić information content (AvgIpc) is 3.15. The molecule has 0 spiro atoms. The van der Waals surface area contributed by atoms with Crippen LogP contribution in [-0.2, 0) is 19.7 Å². The molecule has 1 aliphatic heterocycles. The third kappa shape index (κ3) is 2.34. The number of fused-ring (bicyclic) bond motifs is 2. The Morgan fingerprint density at radius 3 is 2.50 bits per heavy atom. The van der Waals surface area contributed by atoms with Gasteiger partial charge >= 0.3 is 5.97 Å². The highest BCUT2D eigenvalue weighted by atomic mass is 16.5. The van der Waals surface area contributed by atoms with E-state index in [0.717, 1.165) is 44.4 Å². The summed E-state index contributed by atoms with van der Waals surface area (Å²) in [5.41, 5.74) is 2.00. The zero-order chi connectivity index (χ0) is 16.7. The van der Waals surface area contributed by atoms with E-state index in [1.54, 1.807) is 0 Å². The Kier molecular flexibility index (Phi) is 4.03. The van der Waals surface area contributed by atoms with Crippen molar-refractivity contribution in [3.8, 4) is 0 Å². The SMILES string of the molecule is CCO[C@@H]1C[C@@H]2C[C@H]1CN2c1ccc(C2(C(=O)OC)CCC2)cc1. The second-order valence-corrected chi connectivity index (χ2v) is 7.51. The smallest absolute Gasteiger partial charge is 0.316 e. The highest BCUT2D eigenvalue weighted by Gasteiger charge is 2.47. The van der Waals surface area contributed by atoms with Crippen LogP contribution >= 0.6 is 0 Å². The van der Waals surface area contributed by atoms with Gasteiger partial charge in [-0.2, -0.15) is 0 Å². The van der Waals surface area contributed by atoms with Crippen LogP contribution in [0.2, 0.25) is 0 Å². The van der Waals surface area contributed by atoms with Crippen molar-refractivity contribution in [3.05, 3.63) is 29.8 Å². The molecule has 1 heterocycles. The minimum absolute atomic E-state index is 0.0821. The van der Waals surface area contributed by atoms with Crippen LogP contribution in [0.1, 0.15) is 44.6 Å². The van der Waals surface area contributed by atoms with Crippen molar-refractivity contribution >= 4 is 11.7 Å². The average molecular weight is 329 g/mol. The molecule has 0 aromatic heterocycles. The van der Waals surface area contributed by atoms with Crippen LogP contribution in [0.5, 0.6) is 0 Å². The summed E-state index contributed by atoms with van der Waals surface area (Å²) < 4.78 is 10.9. The van der Waals surface area contributed by atoms with Crippen LogP contribution in [0.15, 0.2) is 24.3 Å². The van der Waals surface area contributed by atoms with Crippen LogP contribution in [0.25, 0.3) is 0 Å². The third-order valence-electron chi connectivity index (χ3n) is 6.39. The lowest BCUT2D eigenvalue weighted by Crippen LogP contribution is -2.43. The molecule has 4 rings (SSSR count). The second kappa shape index (κ2) is 6.07. The molecule has 0 radical (unpaired) electrons. The zero-order valence-electron chi connectivity index (χ0n) is 14.7. The fourth-order valence-corrected chi connectivity index (χ4v) is 4.95. The summed E-state index contributed by atoms with van der Waals surface area (Å²) in [5.74, 6) is 0.587. The number of nitrogens with zero attached hydrogens (tertiary/aromatic N) is 1. The molecule has 2 aliphatic carbocycles. The Balaban J connectivity index is 1.49. The van der Waals surface area contributed by atoms with Crippen LogP contribution in [0.3, 0.4) is 0 Å². The first-order valence-corrected chi connectivity index (χ1v) is 9.25. The number of esters is 1. The van der Waals surface area contributed by atoms with Gasteiger partial charge in [-0.3, -0.25) is 4.79 Å². The van der Waals surface area contributed by atoms with E-state index in [4.69, 9.17) is 9.47 Å². The number of piperidine rings is 1. The highest BCUT2D eigenvalue weighted by molar-refractivity contribution is 5.84. The van der Waals surface area contributed by atoms with Crippen molar-refractivity contribution in [1.29, 1.82) is 0 Å². The van der Waals surface area contributed by atoms with Crippen molar-refractivity contribution in [1.82, 2.24) is 0 Å². The van der Waals surface area contributed by atoms with Crippen LogP contribution in [0, 0.1) is 5.92 Å². The lowest BCUT2D eigenvalue weighted by atomic mass is 9.64. The molecular formula is C20H27NO3. The largest absolute Gasteiger partial charge is 0.468 e. The van der Waals surface area contributed by atoms with E-state index >= 15 is 0 Å². The summed E-state index contributed by atoms with van der Waals surface area (Å²) in [5, 5.41) is 0. The van der Waals surface area contributed by atoms with Crippen LogP contribution in [-0.4, -0.2) is 38.4 Å². The highest BCUT2D eigenvalue weighted by Crippen LogP contribution is 2.46. The van der Waals surface area contributed by atoms with Gasteiger partial charge in [0.05, 0.1) is 18.6 Å². The molecule has 24 heavy (non-hydrogen) atoms. The topological polar surface area (TPSA) is 38.8 Å². The number of rotatable bonds is 5. The van der Waals surface area contributed by atoms with Gasteiger partial charge in [-0.05, 0) is 50.3 Å². The van der Waals surface area contributed by atoms with Crippen molar-refractivity contribution in [3.63, 3.8) is 0 Å². The van der Waals surface area contributed by atoms with Gasteiger partial charge in [0.1, 0.15) is 0 Å². The molecule has 3 atom stereocenters. The Labute approximate surface area is 144 Å². The van der Waals surface area contributed by atoms with E-state index in [9.17, 15) is 4.79 Å². The summed E-state index contributed by atoms with van der Waals surface area (Å²) in [4.78, 5) is 14.7. The molecule has 0 unspecified atom stereocenters. The zero-order valence-corrected chi connectivity index (χ0v) is 14.7. The molecule has 3 aliphatic rings. The van der Waals surface area contributed by atoms with Gasteiger partial charge in [0, 0.05) is 30.8 Å². The van der Waals surface area contributed by atoms with Crippen molar-refractivity contribution in [2.75, 3.05) is 25.2 Å². The van der Waals surface area contributed by atoms with Crippen LogP contribution in [0.4, 0.5) is 5.69 Å². The van der Waals surface area contributed by atoms with Gasteiger partial charge in [0.25, 0.3) is 0 Å². The molecule has 1 saturated heterocycles. The maximum Gasteiger partial charge on any atom is 0.316 e. The summed E-state index contributed by atoms with van der Waals surface area (Å²) in [6.45, 7) is 4.00. The van der Waals surface area contributed by atoms with Gasteiger partial charge in [-0.1, -0.05) is 18.6 Å². The minimum atomic E-state index is -0.392. The molecule has 2 bridgehead atoms. The minimum Gasteiger partial charge on any atom is -0.468 e. The third-order valence-corrected chi connectivity index (χ3v) is 6.39. The summed E-state index contributed by atoms with van der Waals surface area (Å²) in [7, 11) is 1.49. The van der Waals surface area contributed by atoms with E-state index in [1.807, 2.05) is 0 Å². The number of ether oxygens (including phenoxy) is 2. The predicted molar refractivity (Wildman–Crippen MR) is 93.3 cm³/mol. The van der Waals surface area contributed by atoms with Crippen molar-refractivity contribution in [2.45, 2.75) is 56.6 Å². The summed E-state index contributed by atoms with van der Waals surface area (Å²) >= 11 is 0. The fraction of sp³-hybridized carbons (Fsp3) is 0.650. The molecular weight excluding hydrogens is 302 g/mol. The molecule has 1 aromatic carbocycles. The monoisotopic (exact) mass is 329 g/mol. The molecule has 1 aromatic rings. The van der Waals surface area contributed by atoms with E-state index < -0.39 is 5.41 Å². The predicted octanol–water partition coefficient (Wildman–Crippen LogP) is 3.29. The molecule has 0 N–H and O–H groups in total. The number of carbonyl (C=O) groups is 1. The van der Waals surface area contributed by atoms with E-state index in [0.29, 0.717) is 18.1 Å². The first-order valence-electron chi connectivity index (χ1n) is 9.25. The van der Waals surface area contributed by atoms with Gasteiger partial charge in [-0.15, -0.1) is 0 Å². The summed E-state index contributed by atoms with van der Waals surface area (Å²) in [6.07, 6.45) is 5.76. The maximum atomic E-state index is 12.2. The van der Waals surface area contributed by atoms with Crippen molar-refractivity contribution in [2.24, 2.45) is 5.92 Å². The van der Waals surface area contributed by atoms with Crippen LogP contribution < -0.4 is 4.90 Å². The van der Waals surface area contributed by atoms with E-state index in [-0.39, 0.29) is 5.97 Å². The molecule has 4 heteroatoms. The van der Waals surface area contributed by atoms with E-state index in [2.05, 4.69) is 36.1 Å². The van der Waals surface area contributed by atoms with Crippen molar-refractivity contribution < 1.29 is 14.3 Å². The number of hydrogen-bond acceptors (Lipinski definition) is 4. The fourth-order valence-electron chi connectivity index (χ4n) is 4.95. The lowest BCUT2D eigenvalue weighted by molar-refractivity contribution is -0.151. The number of hydrogen-bond donors (Lipinski definition) is 0. The number of carbonyl (C=O) groups excluding carboxylic acids is 1. The van der Waals surface area contributed by atoms with Gasteiger partial charge in [0.2, 0.25) is 0 Å². The number of methoxy groups -OCH3 is 1. The molecule has 3 fully saturated rings. The van der Waals surface area contributed by atoms with Gasteiger partial charge < -0.3 is 14.4 Å². The quantitative estimate of drug-likeness (QED) is 0.777. The number of benzene rings is 1. The van der Waals surface area contributed by atoms with Gasteiger partial charge in [-0.25, -0.2) is 0 Å². The normalized spacial score (nSPS) is 30.2. The number of anilines is 1. The standard InChI is InChI=1S/C20H27NO3/c1-3-24-18-12-17-11-14(18)13-21(17)16-7-5-15(6-8-16)20(9-4-10-20)19(22)23-2/h5-8,14,17-18H,3-4,9-13H2,1-2H3/t14-,17-,18+/m0/s1. The second-order valence-electron chi connectivity index (χ2n) is 7.51. The Morgan fingerprint density at radius 2 is 2.00 bits per heavy atom.